The van der Waals surface area contributed by atoms with E-state index < -0.39 is 65.3 Å². The summed E-state index contributed by atoms with van der Waals surface area (Å²) in [4.78, 5) is 44.0. The molecule has 3 aromatic rings. The number of nitrogens with zero attached hydrogens (tertiary/aromatic N) is 2. The Bertz CT molecular complexity index is 1770. The summed E-state index contributed by atoms with van der Waals surface area (Å²) in [5, 5.41) is 15.0. The minimum absolute atomic E-state index is 0.0131. The summed E-state index contributed by atoms with van der Waals surface area (Å²) >= 11 is 0. The molecule has 1 saturated heterocycles. The zero-order valence-corrected chi connectivity index (χ0v) is 27.5. The molecule has 6 N–H and O–H groups in total. The van der Waals surface area contributed by atoms with Crippen molar-refractivity contribution in [2.75, 3.05) is 31.8 Å². The van der Waals surface area contributed by atoms with Gasteiger partial charge in [-0.3, -0.25) is 14.6 Å². The molecule has 2 aliphatic rings. The highest BCUT2D eigenvalue weighted by Crippen LogP contribution is 2.35. The van der Waals surface area contributed by atoms with Crippen LogP contribution in [-0.4, -0.2) is 86.0 Å². The Balaban J connectivity index is 1.20. The Morgan fingerprint density at radius 2 is 1.81 bits per heavy atom. The SMILES string of the molecule is Cc1cc(C)c(S(=O)(=O)NC(CNC(=O)COC2CC(C(N)c3ccccn3)N(C(=O)Nc3ccc4c(c3)OCO4)C2)C(=O)O)c(C)c1. The van der Waals surface area contributed by atoms with Gasteiger partial charge in [-0.1, -0.05) is 23.8 Å². The topological polar surface area (TPSA) is 212 Å². The van der Waals surface area contributed by atoms with Crippen molar-refractivity contribution in [1.82, 2.24) is 19.9 Å². The van der Waals surface area contributed by atoms with Gasteiger partial charge in [0.2, 0.25) is 22.7 Å². The number of carbonyl (C=O) groups is 3. The first-order valence-corrected chi connectivity index (χ1v) is 16.7. The number of nitrogens with one attached hydrogen (secondary N) is 3. The standard InChI is InChI=1S/C32H38N6O9S/c1-18-10-19(2)30(20(3)11-18)48(43,44)37-24(31(40)41)14-35-28(39)16-45-22-13-25(29(33)23-6-4-5-9-34-23)38(15-22)32(42)36-21-7-8-26-27(12-21)47-17-46-26/h4-12,22,24-25,29,37H,13-17,33H2,1-3H3,(H,35,39)(H,36,42)(H,40,41). The largest absolute Gasteiger partial charge is 0.480 e. The number of carboxylic acids is 1. The van der Waals surface area contributed by atoms with Gasteiger partial charge in [0.15, 0.2) is 11.5 Å². The second-order valence-electron chi connectivity index (χ2n) is 11.7. The summed E-state index contributed by atoms with van der Waals surface area (Å²) in [5.74, 6) is -1.06. The Kier molecular flexibility index (Phi) is 10.5. The summed E-state index contributed by atoms with van der Waals surface area (Å²) in [6.45, 7) is 4.28. The maximum absolute atomic E-state index is 13.5. The number of carbonyl (C=O) groups excluding carboxylic acids is 2. The van der Waals surface area contributed by atoms with Gasteiger partial charge >= 0.3 is 12.0 Å². The summed E-state index contributed by atoms with van der Waals surface area (Å²) in [7, 11) is -4.22. The molecule has 0 spiro atoms. The number of aryl methyl sites for hydroxylation is 3. The van der Waals surface area contributed by atoms with Gasteiger partial charge in [-0.05, 0) is 62.6 Å². The van der Waals surface area contributed by atoms with Crippen LogP contribution in [0.4, 0.5) is 10.5 Å². The first kappa shape index (κ1) is 34.6. The number of nitrogens with two attached hydrogens (primary N) is 1. The van der Waals surface area contributed by atoms with Gasteiger partial charge in [0.1, 0.15) is 12.6 Å². The van der Waals surface area contributed by atoms with Crippen molar-refractivity contribution in [2.24, 2.45) is 5.73 Å². The van der Waals surface area contributed by atoms with Gasteiger partial charge in [-0.2, -0.15) is 4.72 Å². The number of pyridine rings is 1. The molecular formula is C32H38N6O9S. The molecule has 0 radical (unpaired) electrons. The Hall–Kier alpha value is -4.77. The monoisotopic (exact) mass is 682 g/mol. The second-order valence-corrected chi connectivity index (χ2v) is 13.4. The minimum atomic E-state index is -4.22. The molecule has 0 bridgehead atoms. The molecule has 3 amide bonds. The van der Waals surface area contributed by atoms with Crippen LogP contribution in [0.25, 0.3) is 0 Å². The van der Waals surface area contributed by atoms with Crippen LogP contribution in [0.2, 0.25) is 0 Å². The summed E-state index contributed by atoms with van der Waals surface area (Å²) < 4.78 is 45.0. The third-order valence-electron chi connectivity index (χ3n) is 8.06. The van der Waals surface area contributed by atoms with E-state index in [1.807, 2.05) is 6.92 Å². The summed E-state index contributed by atoms with van der Waals surface area (Å²) in [6.07, 6.45) is 1.29. The van der Waals surface area contributed by atoms with E-state index in [4.69, 9.17) is 19.9 Å². The molecule has 1 fully saturated rings. The van der Waals surface area contributed by atoms with Gasteiger partial charge in [-0.15, -0.1) is 0 Å². The number of benzene rings is 2. The average molecular weight is 683 g/mol. The molecule has 0 saturated carbocycles. The predicted molar refractivity (Wildman–Crippen MR) is 173 cm³/mol. The van der Waals surface area contributed by atoms with Crippen LogP contribution >= 0.6 is 0 Å². The number of aliphatic carboxylic acids is 1. The number of likely N-dealkylation sites (tertiary alicyclic amines) is 1. The summed E-state index contributed by atoms with van der Waals surface area (Å²) in [6, 6.07) is 10.4. The fourth-order valence-electron chi connectivity index (χ4n) is 5.94. The van der Waals surface area contributed by atoms with E-state index in [1.165, 1.54) is 4.90 Å². The number of carboxylic acid groups (broad SMARTS) is 1. The van der Waals surface area contributed by atoms with Gasteiger partial charge in [0.25, 0.3) is 0 Å². The third kappa shape index (κ3) is 8.02. The average Bonchev–Trinajstić information content (AvgIpc) is 3.68. The molecule has 3 heterocycles. The van der Waals surface area contributed by atoms with E-state index >= 15 is 0 Å². The molecule has 5 rings (SSSR count). The van der Waals surface area contributed by atoms with E-state index in [2.05, 4.69) is 20.3 Å². The predicted octanol–water partition coefficient (Wildman–Crippen LogP) is 1.97. The number of urea groups is 1. The van der Waals surface area contributed by atoms with Crippen molar-refractivity contribution in [2.45, 2.75) is 56.3 Å². The number of hydrogen-bond acceptors (Lipinski definition) is 10. The molecule has 4 atom stereocenters. The zero-order valence-electron chi connectivity index (χ0n) is 26.6. The van der Waals surface area contributed by atoms with E-state index in [1.54, 1.807) is 68.6 Å². The molecule has 15 nitrogen and oxygen atoms in total. The lowest BCUT2D eigenvalue weighted by molar-refractivity contribution is -0.139. The number of aromatic nitrogens is 1. The first-order valence-electron chi connectivity index (χ1n) is 15.2. The van der Waals surface area contributed by atoms with Crippen molar-refractivity contribution < 1.29 is 42.1 Å². The number of amides is 3. The van der Waals surface area contributed by atoms with Crippen molar-refractivity contribution in [3.8, 4) is 11.5 Å². The van der Waals surface area contributed by atoms with E-state index in [0.29, 0.717) is 34.0 Å². The number of sulfonamides is 1. The smallest absolute Gasteiger partial charge is 0.323 e. The van der Waals surface area contributed by atoms with Crippen molar-refractivity contribution in [3.05, 3.63) is 77.1 Å². The number of anilines is 1. The molecule has 2 aromatic carbocycles. The quantitative estimate of drug-likeness (QED) is 0.186. The van der Waals surface area contributed by atoms with Gasteiger partial charge in [0.05, 0.1) is 28.8 Å². The van der Waals surface area contributed by atoms with Gasteiger partial charge in [0, 0.05) is 31.0 Å². The van der Waals surface area contributed by atoms with Crippen LogP contribution in [0.3, 0.4) is 0 Å². The number of fused-ring (bicyclic) bond motifs is 1. The lowest BCUT2D eigenvalue weighted by Gasteiger charge is -2.29. The molecule has 256 valence electrons. The van der Waals surface area contributed by atoms with Crippen LogP contribution in [0, 0.1) is 20.8 Å². The number of ether oxygens (including phenoxy) is 3. The molecule has 48 heavy (non-hydrogen) atoms. The van der Waals surface area contributed by atoms with Crippen molar-refractivity contribution >= 4 is 33.6 Å². The Labute approximate surface area is 277 Å². The van der Waals surface area contributed by atoms with Crippen LogP contribution in [0.15, 0.2) is 59.6 Å². The lowest BCUT2D eigenvalue weighted by atomic mass is 10.0. The molecule has 16 heteroatoms. The maximum atomic E-state index is 13.5. The highest BCUT2D eigenvalue weighted by molar-refractivity contribution is 7.89. The van der Waals surface area contributed by atoms with Crippen LogP contribution < -0.4 is 30.6 Å². The number of rotatable bonds is 12. The molecule has 4 unspecified atom stereocenters. The third-order valence-corrected chi connectivity index (χ3v) is 9.83. The lowest BCUT2D eigenvalue weighted by Crippen LogP contribution is -2.49. The molecule has 1 aromatic heterocycles. The van der Waals surface area contributed by atoms with Crippen molar-refractivity contribution in [1.29, 1.82) is 0 Å². The van der Waals surface area contributed by atoms with Crippen molar-refractivity contribution in [3.63, 3.8) is 0 Å². The highest BCUT2D eigenvalue weighted by Gasteiger charge is 2.40. The minimum Gasteiger partial charge on any atom is -0.480 e. The molecule has 2 aliphatic heterocycles. The fraction of sp³-hybridized carbons (Fsp3) is 0.375. The molecular weight excluding hydrogens is 644 g/mol. The normalized spacial score (nSPS) is 18.3. The highest BCUT2D eigenvalue weighted by atomic mass is 32.2. The van der Waals surface area contributed by atoms with Crippen LogP contribution in [-0.2, 0) is 24.3 Å². The maximum Gasteiger partial charge on any atom is 0.323 e. The first-order chi connectivity index (χ1) is 22.8. The molecule has 0 aliphatic carbocycles. The van der Waals surface area contributed by atoms with E-state index in [-0.39, 0.29) is 24.7 Å². The van der Waals surface area contributed by atoms with Crippen LogP contribution in [0.1, 0.15) is 34.8 Å². The summed E-state index contributed by atoms with van der Waals surface area (Å²) in [5.41, 5.74) is 9.43. The second kappa shape index (κ2) is 14.6. The van der Waals surface area contributed by atoms with Gasteiger partial charge in [-0.25, -0.2) is 13.2 Å². The fourth-order valence-corrected chi connectivity index (χ4v) is 7.58. The zero-order chi connectivity index (χ0) is 34.6. The Morgan fingerprint density at radius 1 is 1.08 bits per heavy atom. The Morgan fingerprint density at radius 3 is 2.50 bits per heavy atom. The van der Waals surface area contributed by atoms with Crippen LogP contribution in [0.5, 0.6) is 11.5 Å². The van der Waals surface area contributed by atoms with E-state index in [9.17, 15) is 27.9 Å². The van der Waals surface area contributed by atoms with Gasteiger partial charge < -0.3 is 40.6 Å². The van der Waals surface area contributed by atoms with E-state index in [0.717, 1.165) is 5.56 Å². The number of hydrogen-bond donors (Lipinski definition) is 5.